The van der Waals surface area contributed by atoms with Crippen LogP contribution in [-0.4, -0.2) is 18.8 Å². The molecule has 5 heteroatoms. The van der Waals surface area contributed by atoms with Crippen molar-refractivity contribution in [1.82, 2.24) is 4.57 Å². The standard InChI is InChI=1S/C20H22N2O3/c1-12-8-6-7-9-14(12)21-15-11-16(24-4)19-18(20(15)25-5)13(2)10-17(23)22(19)3/h6-11,21H,1-5H3. The number of para-hydroxylation sites is 1. The molecular weight excluding hydrogens is 316 g/mol. The molecule has 2 aromatic carbocycles. The Morgan fingerprint density at radius 2 is 1.68 bits per heavy atom. The maximum absolute atomic E-state index is 12.2. The molecule has 3 aromatic rings. The Labute approximate surface area is 146 Å². The van der Waals surface area contributed by atoms with Crippen LogP contribution in [0.2, 0.25) is 0 Å². The summed E-state index contributed by atoms with van der Waals surface area (Å²) in [4.78, 5) is 12.2. The number of benzene rings is 2. The van der Waals surface area contributed by atoms with Crippen molar-refractivity contribution in [2.75, 3.05) is 19.5 Å². The minimum absolute atomic E-state index is 0.0787. The zero-order valence-corrected chi connectivity index (χ0v) is 15.1. The van der Waals surface area contributed by atoms with Gasteiger partial charge >= 0.3 is 0 Å². The second-order valence-electron chi connectivity index (χ2n) is 6.05. The van der Waals surface area contributed by atoms with Crippen molar-refractivity contribution in [3.05, 3.63) is 57.9 Å². The monoisotopic (exact) mass is 338 g/mol. The summed E-state index contributed by atoms with van der Waals surface area (Å²) in [5, 5.41) is 4.29. The molecule has 0 radical (unpaired) electrons. The smallest absolute Gasteiger partial charge is 0.251 e. The average Bonchev–Trinajstić information content (AvgIpc) is 2.60. The van der Waals surface area contributed by atoms with E-state index in [1.54, 1.807) is 31.9 Å². The SMILES string of the molecule is COc1c(Nc2ccccc2C)cc(OC)c2c1c(C)cc(=O)n2C. The van der Waals surface area contributed by atoms with Gasteiger partial charge in [-0.25, -0.2) is 0 Å². The van der Waals surface area contributed by atoms with Gasteiger partial charge in [-0.3, -0.25) is 4.79 Å². The van der Waals surface area contributed by atoms with Gasteiger partial charge in [0.1, 0.15) is 5.75 Å². The van der Waals surface area contributed by atoms with Crippen LogP contribution in [0.1, 0.15) is 11.1 Å². The number of nitrogens with zero attached hydrogens (tertiary/aromatic N) is 1. The first-order valence-electron chi connectivity index (χ1n) is 8.06. The molecule has 0 unspecified atom stereocenters. The molecule has 3 rings (SSSR count). The number of methoxy groups -OCH3 is 2. The normalized spacial score (nSPS) is 10.8. The Morgan fingerprint density at radius 1 is 0.960 bits per heavy atom. The first-order valence-corrected chi connectivity index (χ1v) is 8.06. The van der Waals surface area contributed by atoms with Crippen molar-refractivity contribution in [2.45, 2.75) is 13.8 Å². The van der Waals surface area contributed by atoms with E-state index < -0.39 is 0 Å². The molecule has 0 aliphatic rings. The summed E-state index contributed by atoms with van der Waals surface area (Å²) in [6.45, 7) is 3.95. The molecule has 1 aromatic heterocycles. The number of hydrogen-bond acceptors (Lipinski definition) is 4. The highest BCUT2D eigenvalue weighted by molar-refractivity contribution is 5.98. The first-order chi connectivity index (χ1) is 12.0. The van der Waals surface area contributed by atoms with Crippen molar-refractivity contribution in [3.8, 4) is 11.5 Å². The lowest BCUT2D eigenvalue weighted by atomic mass is 10.1. The van der Waals surface area contributed by atoms with Crippen molar-refractivity contribution >= 4 is 22.3 Å². The van der Waals surface area contributed by atoms with Gasteiger partial charge in [0.15, 0.2) is 5.75 Å². The number of aromatic nitrogens is 1. The highest BCUT2D eigenvalue weighted by Gasteiger charge is 2.19. The summed E-state index contributed by atoms with van der Waals surface area (Å²) < 4.78 is 12.9. The lowest BCUT2D eigenvalue weighted by Crippen LogP contribution is -2.17. The zero-order valence-electron chi connectivity index (χ0n) is 15.1. The average molecular weight is 338 g/mol. The van der Waals surface area contributed by atoms with Crippen LogP contribution in [0.25, 0.3) is 10.9 Å². The Balaban J connectivity index is 2.34. The predicted molar refractivity (Wildman–Crippen MR) is 101 cm³/mol. The van der Waals surface area contributed by atoms with E-state index in [1.807, 2.05) is 44.2 Å². The molecule has 0 spiro atoms. The van der Waals surface area contributed by atoms with E-state index in [0.717, 1.165) is 33.4 Å². The van der Waals surface area contributed by atoms with Crippen LogP contribution in [0.15, 0.2) is 41.2 Å². The van der Waals surface area contributed by atoms with Crippen molar-refractivity contribution in [2.24, 2.45) is 7.05 Å². The zero-order chi connectivity index (χ0) is 18.1. The van der Waals surface area contributed by atoms with Gasteiger partial charge in [0, 0.05) is 30.3 Å². The molecule has 0 aliphatic carbocycles. The van der Waals surface area contributed by atoms with E-state index in [0.29, 0.717) is 11.5 Å². The van der Waals surface area contributed by atoms with Crippen LogP contribution in [0.4, 0.5) is 11.4 Å². The fourth-order valence-corrected chi connectivity index (χ4v) is 3.11. The maximum Gasteiger partial charge on any atom is 0.251 e. The van der Waals surface area contributed by atoms with E-state index in [2.05, 4.69) is 5.32 Å². The summed E-state index contributed by atoms with van der Waals surface area (Å²) in [6, 6.07) is 11.5. The van der Waals surface area contributed by atoms with Gasteiger partial charge < -0.3 is 19.4 Å². The van der Waals surface area contributed by atoms with Gasteiger partial charge in [-0.05, 0) is 31.0 Å². The quantitative estimate of drug-likeness (QED) is 0.783. The second kappa shape index (κ2) is 6.51. The summed E-state index contributed by atoms with van der Waals surface area (Å²) in [5.74, 6) is 1.31. The number of ether oxygens (including phenoxy) is 2. The van der Waals surface area contributed by atoms with Crippen molar-refractivity contribution in [1.29, 1.82) is 0 Å². The van der Waals surface area contributed by atoms with E-state index in [9.17, 15) is 4.79 Å². The minimum Gasteiger partial charge on any atom is -0.494 e. The predicted octanol–water partition coefficient (Wildman–Crippen LogP) is 3.92. The summed E-state index contributed by atoms with van der Waals surface area (Å²) in [5.41, 5.74) is 4.40. The third-order valence-electron chi connectivity index (χ3n) is 4.46. The highest BCUT2D eigenvalue weighted by atomic mass is 16.5. The van der Waals surface area contributed by atoms with E-state index >= 15 is 0 Å². The molecule has 1 N–H and O–H groups in total. The number of nitrogens with one attached hydrogen (secondary N) is 1. The van der Waals surface area contributed by atoms with Gasteiger partial charge in [-0.1, -0.05) is 18.2 Å². The molecule has 5 nitrogen and oxygen atoms in total. The lowest BCUT2D eigenvalue weighted by molar-refractivity contribution is 0.410. The lowest BCUT2D eigenvalue weighted by Gasteiger charge is -2.20. The van der Waals surface area contributed by atoms with Gasteiger partial charge in [-0.15, -0.1) is 0 Å². The summed E-state index contributed by atoms with van der Waals surface area (Å²) in [7, 11) is 4.97. The molecule has 1 heterocycles. The molecule has 130 valence electrons. The molecular formula is C20H22N2O3. The minimum atomic E-state index is -0.0787. The van der Waals surface area contributed by atoms with Crippen LogP contribution in [0, 0.1) is 13.8 Å². The van der Waals surface area contributed by atoms with Crippen LogP contribution in [0.3, 0.4) is 0 Å². The van der Waals surface area contributed by atoms with Crippen molar-refractivity contribution in [3.63, 3.8) is 0 Å². The van der Waals surface area contributed by atoms with E-state index in [4.69, 9.17) is 9.47 Å². The topological polar surface area (TPSA) is 52.5 Å². The van der Waals surface area contributed by atoms with Crippen molar-refractivity contribution < 1.29 is 9.47 Å². The molecule has 0 atom stereocenters. The van der Waals surface area contributed by atoms with Crippen LogP contribution >= 0.6 is 0 Å². The van der Waals surface area contributed by atoms with Gasteiger partial charge in [0.2, 0.25) is 0 Å². The van der Waals surface area contributed by atoms with Crippen LogP contribution in [0.5, 0.6) is 11.5 Å². The molecule has 0 aliphatic heterocycles. The first kappa shape index (κ1) is 16.9. The number of hydrogen-bond donors (Lipinski definition) is 1. The Kier molecular flexibility index (Phi) is 4.40. The third-order valence-corrected chi connectivity index (χ3v) is 4.46. The number of pyridine rings is 1. The maximum atomic E-state index is 12.2. The molecule has 25 heavy (non-hydrogen) atoms. The number of anilines is 2. The highest BCUT2D eigenvalue weighted by Crippen LogP contribution is 2.42. The number of rotatable bonds is 4. The second-order valence-corrected chi connectivity index (χ2v) is 6.05. The van der Waals surface area contributed by atoms with Crippen LogP contribution < -0.4 is 20.3 Å². The molecule has 0 fully saturated rings. The third kappa shape index (κ3) is 2.82. The van der Waals surface area contributed by atoms with Crippen LogP contribution in [-0.2, 0) is 7.05 Å². The molecule has 0 amide bonds. The fourth-order valence-electron chi connectivity index (χ4n) is 3.11. The van der Waals surface area contributed by atoms with E-state index in [-0.39, 0.29) is 5.56 Å². The molecule has 0 saturated carbocycles. The Hall–Kier alpha value is -2.95. The summed E-state index contributed by atoms with van der Waals surface area (Å²) >= 11 is 0. The van der Waals surface area contributed by atoms with Gasteiger partial charge in [0.25, 0.3) is 5.56 Å². The molecule has 0 bridgehead atoms. The largest absolute Gasteiger partial charge is 0.494 e. The summed E-state index contributed by atoms with van der Waals surface area (Å²) in [6.07, 6.45) is 0. The fraction of sp³-hybridized carbons (Fsp3) is 0.250. The van der Waals surface area contributed by atoms with E-state index in [1.165, 1.54) is 0 Å². The number of fused-ring (bicyclic) bond motifs is 1. The number of aryl methyl sites for hydroxylation is 3. The Morgan fingerprint density at radius 3 is 2.32 bits per heavy atom. The Bertz CT molecular complexity index is 1010. The molecule has 0 saturated heterocycles. The van der Waals surface area contributed by atoms with Gasteiger partial charge in [-0.2, -0.15) is 0 Å². The van der Waals surface area contributed by atoms with Gasteiger partial charge in [0.05, 0.1) is 25.4 Å².